The van der Waals surface area contributed by atoms with Gasteiger partial charge in [-0.25, -0.2) is 0 Å². The molecular formula is C10H14NO2. The number of rotatable bonds is 4. The third-order valence-electron chi connectivity index (χ3n) is 1.86. The Balaban J connectivity index is 2.91. The van der Waals surface area contributed by atoms with Gasteiger partial charge in [-0.2, -0.15) is 0 Å². The highest BCUT2D eigenvalue weighted by molar-refractivity contribution is 5.42. The first-order valence-corrected chi connectivity index (χ1v) is 4.17. The van der Waals surface area contributed by atoms with Crippen LogP contribution in [0, 0.1) is 0 Å². The van der Waals surface area contributed by atoms with Gasteiger partial charge < -0.3 is 9.47 Å². The van der Waals surface area contributed by atoms with Gasteiger partial charge in [-0.15, -0.1) is 0 Å². The molecule has 1 rings (SSSR count). The summed E-state index contributed by atoms with van der Waals surface area (Å²) in [6.07, 6.45) is 0.750. The second kappa shape index (κ2) is 4.72. The Morgan fingerprint density at radius 2 is 1.85 bits per heavy atom. The molecule has 13 heavy (non-hydrogen) atoms. The van der Waals surface area contributed by atoms with Crippen LogP contribution in [0.2, 0.25) is 0 Å². The monoisotopic (exact) mass is 180 g/mol. The summed E-state index contributed by atoms with van der Waals surface area (Å²) < 4.78 is 10.2. The van der Waals surface area contributed by atoms with Crippen molar-refractivity contribution in [3.8, 4) is 11.5 Å². The molecule has 71 valence electrons. The molecule has 0 heterocycles. The zero-order valence-electron chi connectivity index (χ0n) is 7.96. The third kappa shape index (κ3) is 2.36. The van der Waals surface area contributed by atoms with E-state index >= 15 is 0 Å². The minimum atomic E-state index is 0.398. The maximum atomic E-state index is 7.09. The molecule has 1 aromatic carbocycles. The van der Waals surface area contributed by atoms with Crippen LogP contribution < -0.4 is 15.2 Å². The third-order valence-corrected chi connectivity index (χ3v) is 1.86. The molecule has 0 unspecified atom stereocenters. The lowest BCUT2D eigenvalue weighted by atomic mass is 10.1. The Morgan fingerprint density at radius 3 is 2.38 bits per heavy atom. The summed E-state index contributed by atoms with van der Waals surface area (Å²) in [6.45, 7) is 0.398. The maximum absolute atomic E-state index is 7.09. The molecule has 0 saturated heterocycles. The summed E-state index contributed by atoms with van der Waals surface area (Å²) in [5.74, 6) is 1.46. The lowest BCUT2D eigenvalue weighted by molar-refractivity contribution is 0.354. The first-order valence-electron chi connectivity index (χ1n) is 4.17. The summed E-state index contributed by atoms with van der Waals surface area (Å²) in [7, 11) is 3.23. The number of benzene rings is 1. The molecule has 0 saturated carbocycles. The van der Waals surface area contributed by atoms with Crippen molar-refractivity contribution in [3.05, 3.63) is 23.8 Å². The molecule has 3 heteroatoms. The Labute approximate surface area is 78.5 Å². The van der Waals surface area contributed by atoms with E-state index in [9.17, 15) is 0 Å². The van der Waals surface area contributed by atoms with Crippen molar-refractivity contribution < 1.29 is 9.47 Å². The maximum Gasteiger partial charge on any atom is 0.160 e. The average molecular weight is 180 g/mol. The summed E-state index contributed by atoms with van der Waals surface area (Å²) in [5.41, 5.74) is 8.20. The van der Waals surface area contributed by atoms with Gasteiger partial charge in [0.2, 0.25) is 0 Å². The van der Waals surface area contributed by atoms with Crippen molar-refractivity contribution in [1.29, 1.82) is 0 Å². The Bertz CT molecular complexity index is 274. The summed E-state index contributed by atoms with van der Waals surface area (Å²) in [4.78, 5) is 0. The fraction of sp³-hybridized carbons (Fsp3) is 0.400. The standard InChI is InChI=1S/C10H14NO2/c1-12-9-4-3-8(5-6-11)7-10(9)13-2/h3-4,7,11H,5-6H2,1-2H3. The van der Waals surface area contributed by atoms with Crippen molar-refractivity contribution in [2.24, 2.45) is 0 Å². The fourth-order valence-electron chi connectivity index (χ4n) is 1.18. The lowest BCUT2D eigenvalue weighted by Crippen LogP contribution is -1.95. The van der Waals surface area contributed by atoms with E-state index in [2.05, 4.69) is 0 Å². The zero-order valence-corrected chi connectivity index (χ0v) is 7.96. The highest BCUT2D eigenvalue weighted by atomic mass is 16.5. The zero-order chi connectivity index (χ0) is 9.68. The van der Waals surface area contributed by atoms with Crippen LogP contribution in [0.3, 0.4) is 0 Å². The summed E-state index contributed by atoms with van der Waals surface area (Å²) in [6, 6.07) is 5.73. The predicted octanol–water partition coefficient (Wildman–Crippen LogP) is 1.53. The van der Waals surface area contributed by atoms with Crippen molar-refractivity contribution >= 4 is 0 Å². The number of methoxy groups -OCH3 is 2. The van der Waals surface area contributed by atoms with Gasteiger partial charge in [-0.3, -0.25) is 5.73 Å². The number of nitrogens with one attached hydrogen (secondary N) is 1. The van der Waals surface area contributed by atoms with Gasteiger partial charge in [0.05, 0.1) is 14.2 Å². The van der Waals surface area contributed by atoms with Gasteiger partial charge in [0.1, 0.15) is 0 Å². The van der Waals surface area contributed by atoms with Gasteiger partial charge in [0.15, 0.2) is 11.5 Å². The molecule has 1 aromatic rings. The molecule has 3 nitrogen and oxygen atoms in total. The molecule has 0 aliphatic carbocycles. The minimum absolute atomic E-state index is 0.398. The smallest absolute Gasteiger partial charge is 0.160 e. The molecule has 1 radical (unpaired) electrons. The Kier molecular flexibility index (Phi) is 3.58. The van der Waals surface area contributed by atoms with Crippen molar-refractivity contribution in [2.75, 3.05) is 20.8 Å². The first-order chi connectivity index (χ1) is 6.31. The van der Waals surface area contributed by atoms with Crippen LogP contribution in [0.15, 0.2) is 18.2 Å². The van der Waals surface area contributed by atoms with Crippen LogP contribution in [-0.4, -0.2) is 20.8 Å². The van der Waals surface area contributed by atoms with Crippen molar-refractivity contribution in [3.63, 3.8) is 0 Å². The molecule has 0 fully saturated rings. The van der Waals surface area contributed by atoms with E-state index < -0.39 is 0 Å². The van der Waals surface area contributed by atoms with E-state index in [-0.39, 0.29) is 0 Å². The molecule has 0 amide bonds. The minimum Gasteiger partial charge on any atom is -0.493 e. The molecule has 0 aromatic heterocycles. The van der Waals surface area contributed by atoms with Crippen molar-refractivity contribution in [2.45, 2.75) is 6.42 Å². The molecule has 0 spiro atoms. The number of hydrogen-bond acceptors (Lipinski definition) is 2. The largest absolute Gasteiger partial charge is 0.493 e. The van der Waals surface area contributed by atoms with Crippen LogP contribution in [0.5, 0.6) is 11.5 Å². The topological polar surface area (TPSA) is 42.3 Å². The fourth-order valence-corrected chi connectivity index (χ4v) is 1.18. The van der Waals surface area contributed by atoms with Crippen LogP contribution in [-0.2, 0) is 6.42 Å². The molecule has 1 N–H and O–H groups in total. The van der Waals surface area contributed by atoms with Gasteiger partial charge >= 0.3 is 0 Å². The van der Waals surface area contributed by atoms with E-state index in [1.807, 2.05) is 18.2 Å². The average Bonchev–Trinajstić information content (AvgIpc) is 2.18. The van der Waals surface area contributed by atoms with Gasteiger partial charge in [-0.05, 0) is 24.1 Å². The van der Waals surface area contributed by atoms with Gasteiger partial charge in [0, 0.05) is 6.54 Å². The van der Waals surface area contributed by atoms with Crippen molar-refractivity contribution in [1.82, 2.24) is 5.73 Å². The van der Waals surface area contributed by atoms with Crippen LogP contribution in [0.25, 0.3) is 0 Å². The second-order valence-corrected chi connectivity index (χ2v) is 2.69. The van der Waals surface area contributed by atoms with Crippen LogP contribution >= 0.6 is 0 Å². The van der Waals surface area contributed by atoms with E-state index in [0.717, 1.165) is 23.5 Å². The van der Waals surface area contributed by atoms with Crippen LogP contribution in [0.4, 0.5) is 0 Å². The highest BCUT2D eigenvalue weighted by Crippen LogP contribution is 2.27. The normalized spacial score (nSPS) is 9.77. The molecule has 0 aliphatic rings. The molecule has 0 bridgehead atoms. The number of hydrogen-bond donors (Lipinski definition) is 0. The molecular weight excluding hydrogens is 166 g/mol. The Morgan fingerprint density at radius 1 is 1.15 bits per heavy atom. The quantitative estimate of drug-likeness (QED) is 0.705. The summed E-state index contributed by atoms with van der Waals surface area (Å²) >= 11 is 0. The highest BCUT2D eigenvalue weighted by Gasteiger charge is 2.03. The SMILES string of the molecule is COc1ccc(CC[NH])cc1OC. The first kappa shape index (κ1) is 9.86. The van der Waals surface area contributed by atoms with Gasteiger partial charge in [-0.1, -0.05) is 6.07 Å². The van der Waals surface area contributed by atoms with E-state index in [1.54, 1.807) is 14.2 Å². The molecule has 0 atom stereocenters. The van der Waals surface area contributed by atoms with E-state index in [0.29, 0.717) is 6.54 Å². The Hall–Kier alpha value is -1.22. The molecule has 0 aliphatic heterocycles. The van der Waals surface area contributed by atoms with Crippen LogP contribution in [0.1, 0.15) is 5.56 Å². The summed E-state index contributed by atoms with van der Waals surface area (Å²) in [5, 5.41) is 0. The predicted molar refractivity (Wildman–Crippen MR) is 51.2 cm³/mol. The lowest BCUT2D eigenvalue weighted by Gasteiger charge is -2.08. The van der Waals surface area contributed by atoms with E-state index in [1.165, 1.54) is 0 Å². The number of ether oxygens (including phenoxy) is 2. The second-order valence-electron chi connectivity index (χ2n) is 2.69. The van der Waals surface area contributed by atoms with Gasteiger partial charge in [0.25, 0.3) is 0 Å². The van der Waals surface area contributed by atoms with E-state index in [4.69, 9.17) is 15.2 Å².